The molecule has 2 aliphatic rings. The SMILES string of the molecule is C[C@H](NC(=O)c1ccccc1NC(=O)C[C@@H]1C[C@H]2CC[C@H]1C2)c1ccccc1. The number of rotatable bonds is 6. The van der Waals surface area contributed by atoms with Gasteiger partial charge in [0.15, 0.2) is 0 Å². The van der Waals surface area contributed by atoms with Gasteiger partial charge in [0.25, 0.3) is 5.91 Å². The first-order valence-corrected chi connectivity index (χ1v) is 10.3. The minimum atomic E-state index is -0.174. The number of fused-ring (bicyclic) bond motifs is 2. The Morgan fingerprint density at radius 1 is 1.00 bits per heavy atom. The number of hydrogen-bond donors (Lipinski definition) is 2. The summed E-state index contributed by atoms with van der Waals surface area (Å²) < 4.78 is 0. The molecule has 0 radical (unpaired) electrons. The van der Waals surface area contributed by atoms with E-state index in [1.807, 2.05) is 49.4 Å². The molecule has 0 aromatic heterocycles. The van der Waals surface area contributed by atoms with Crippen LogP contribution in [0.5, 0.6) is 0 Å². The number of carbonyl (C=O) groups excluding carboxylic acids is 2. The van der Waals surface area contributed by atoms with E-state index in [-0.39, 0.29) is 17.9 Å². The molecule has 2 aromatic rings. The van der Waals surface area contributed by atoms with Crippen LogP contribution in [-0.2, 0) is 4.79 Å². The van der Waals surface area contributed by atoms with Crippen molar-refractivity contribution in [3.8, 4) is 0 Å². The summed E-state index contributed by atoms with van der Waals surface area (Å²) in [6, 6.07) is 17.0. The van der Waals surface area contributed by atoms with E-state index in [2.05, 4.69) is 10.6 Å². The molecule has 2 saturated carbocycles. The maximum atomic E-state index is 12.8. The lowest BCUT2D eigenvalue weighted by Gasteiger charge is -2.21. The fraction of sp³-hybridized carbons (Fsp3) is 0.417. The molecule has 146 valence electrons. The molecular weight excluding hydrogens is 348 g/mol. The third kappa shape index (κ3) is 4.11. The summed E-state index contributed by atoms with van der Waals surface area (Å²) in [6.45, 7) is 1.96. The van der Waals surface area contributed by atoms with Gasteiger partial charge in [0.1, 0.15) is 0 Å². The van der Waals surface area contributed by atoms with Crippen LogP contribution in [0.15, 0.2) is 54.6 Å². The summed E-state index contributed by atoms with van der Waals surface area (Å²) in [6.07, 6.45) is 5.67. The molecule has 4 nitrogen and oxygen atoms in total. The molecule has 0 saturated heterocycles. The predicted molar refractivity (Wildman–Crippen MR) is 111 cm³/mol. The highest BCUT2D eigenvalue weighted by Gasteiger charge is 2.40. The van der Waals surface area contributed by atoms with Crippen LogP contribution in [0.3, 0.4) is 0 Å². The van der Waals surface area contributed by atoms with E-state index in [0.29, 0.717) is 23.6 Å². The van der Waals surface area contributed by atoms with Gasteiger partial charge in [-0.2, -0.15) is 0 Å². The lowest BCUT2D eigenvalue weighted by Crippen LogP contribution is -2.28. The molecule has 0 heterocycles. The van der Waals surface area contributed by atoms with Gasteiger partial charge in [-0.05, 0) is 61.6 Å². The van der Waals surface area contributed by atoms with Crippen LogP contribution in [0.25, 0.3) is 0 Å². The summed E-state index contributed by atoms with van der Waals surface area (Å²) in [4.78, 5) is 25.4. The number of benzene rings is 2. The van der Waals surface area contributed by atoms with Crippen molar-refractivity contribution >= 4 is 17.5 Å². The van der Waals surface area contributed by atoms with Gasteiger partial charge in [-0.15, -0.1) is 0 Å². The second-order valence-electron chi connectivity index (χ2n) is 8.34. The second kappa shape index (κ2) is 8.17. The van der Waals surface area contributed by atoms with Crippen molar-refractivity contribution < 1.29 is 9.59 Å². The molecule has 2 aliphatic carbocycles. The highest BCUT2D eigenvalue weighted by atomic mass is 16.2. The standard InChI is InChI=1S/C24H28N2O2/c1-16(18-7-3-2-4-8-18)25-24(28)21-9-5-6-10-22(21)26-23(27)15-20-14-17-11-12-19(20)13-17/h2-10,16-17,19-20H,11-15H2,1H3,(H,25,28)(H,26,27)/t16-,17-,19-,20-/m0/s1. The molecule has 4 heteroatoms. The number of carbonyl (C=O) groups is 2. The first-order chi connectivity index (χ1) is 13.6. The Kier molecular flexibility index (Phi) is 5.47. The minimum absolute atomic E-state index is 0.0221. The highest BCUT2D eigenvalue weighted by Crippen LogP contribution is 2.49. The van der Waals surface area contributed by atoms with Crippen molar-refractivity contribution in [2.75, 3.05) is 5.32 Å². The summed E-state index contributed by atoms with van der Waals surface area (Å²) in [5.74, 6) is 1.92. The monoisotopic (exact) mass is 376 g/mol. The molecule has 2 amide bonds. The van der Waals surface area contributed by atoms with Gasteiger partial charge in [-0.1, -0.05) is 48.9 Å². The Morgan fingerprint density at radius 3 is 2.46 bits per heavy atom. The van der Waals surface area contributed by atoms with Gasteiger partial charge in [0, 0.05) is 6.42 Å². The number of hydrogen-bond acceptors (Lipinski definition) is 2. The maximum Gasteiger partial charge on any atom is 0.253 e. The number of anilines is 1. The van der Waals surface area contributed by atoms with Gasteiger partial charge >= 0.3 is 0 Å². The third-order valence-corrected chi connectivity index (χ3v) is 6.43. The fourth-order valence-corrected chi connectivity index (χ4v) is 4.96. The highest BCUT2D eigenvalue weighted by molar-refractivity contribution is 6.03. The summed E-state index contributed by atoms with van der Waals surface area (Å²) in [5.41, 5.74) is 2.15. The van der Waals surface area contributed by atoms with E-state index in [1.54, 1.807) is 12.1 Å². The Labute approximate surface area is 166 Å². The quantitative estimate of drug-likeness (QED) is 0.750. The average molecular weight is 377 g/mol. The van der Waals surface area contributed by atoms with E-state index >= 15 is 0 Å². The van der Waals surface area contributed by atoms with Crippen molar-refractivity contribution in [2.45, 2.75) is 45.1 Å². The number of nitrogens with one attached hydrogen (secondary N) is 2. The van der Waals surface area contributed by atoms with Crippen LogP contribution in [0.1, 0.15) is 61.0 Å². The largest absolute Gasteiger partial charge is 0.345 e. The lowest BCUT2D eigenvalue weighted by atomic mass is 9.86. The summed E-state index contributed by atoms with van der Waals surface area (Å²) >= 11 is 0. The molecule has 4 atom stereocenters. The maximum absolute atomic E-state index is 12.8. The summed E-state index contributed by atoms with van der Waals surface area (Å²) in [7, 11) is 0. The molecule has 2 bridgehead atoms. The van der Waals surface area contributed by atoms with Gasteiger partial charge in [-0.25, -0.2) is 0 Å². The first-order valence-electron chi connectivity index (χ1n) is 10.3. The van der Waals surface area contributed by atoms with Crippen LogP contribution in [0, 0.1) is 17.8 Å². The topological polar surface area (TPSA) is 58.2 Å². The Balaban J connectivity index is 1.40. The summed E-state index contributed by atoms with van der Waals surface area (Å²) in [5, 5.41) is 6.02. The fourth-order valence-electron chi connectivity index (χ4n) is 4.96. The van der Waals surface area contributed by atoms with Crippen molar-refractivity contribution in [1.82, 2.24) is 5.32 Å². The molecule has 2 fully saturated rings. The van der Waals surface area contributed by atoms with Crippen LogP contribution < -0.4 is 10.6 Å². The molecule has 2 aromatic carbocycles. The Hall–Kier alpha value is -2.62. The average Bonchev–Trinajstić information content (AvgIpc) is 3.32. The lowest BCUT2D eigenvalue weighted by molar-refractivity contribution is -0.117. The first kappa shape index (κ1) is 18.7. The van der Waals surface area contributed by atoms with Crippen LogP contribution >= 0.6 is 0 Å². The number of amides is 2. The number of para-hydroxylation sites is 1. The zero-order valence-corrected chi connectivity index (χ0v) is 16.4. The zero-order chi connectivity index (χ0) is 19.5. The van der Waals surface area contributed by atoms with E-state index in [0.717, 1.165) is 17.4 Å². The molecule has 0 spiro atoms. The Bertz CT molecular complexity index is 849. The predicted octanol–water partition coefficient (Wildman–Crippen LogP) is 4.94. The molecular formula is C24H28N2O2. The zero-order valence-electron chi connectivity index (χ0n) is 16.4. The van der Waals surface area contributed by atoms with Gasteiger partial charge in [0.2, 0.25) is 5.91 Å². The van der Waals surface area contributed by atoms with Crippen molar-refractivity contribution in [3.63, 3.8) is 0 Å². The van der Waals surface area contributed by atoms with Gasteiger partial charge in [-0.3, -0.25) is 9.59 Å². The van der Waals surface area contributed by atoms with E-state index in [4.69, 9.17) is 0 Å². The normalized spacial score (nSPS) is 24.0. The van der Waals surface area contributed by atoms with E-state index in [9.17, 15) is 9.59 Å². The van der Waals surface area contributed by atoms with Gasteiger partial charge in [0.05, 0.1) is 17.3 Å². The van der Waals surface area contributed by atoms with Crippen LogP contribution in [0.4, 0.5) is 5.69 Å². The van der Waals surface area contributed by atoms with E-state index in [1.165, 1.54) is 25.7 Å². The van der Waals surface area contributed by atoms with E-state index < -0.39 is 0 Å². The third-order valence-electron chi connectivity index (χ3n) is 6.43. The Morgan fingerprint density at radius 2 is 1.75 bits per heavy atom. The molecule has 0 unspecified atom stereocenters. The molecule has 0 aliphatic heterocycles. The smallest absolute Gasteiger partial charge is 0.253 e. The molecule has 2 N–H and O–H groups in total. The second-order valence-corrected chi connectivity index (χ2v) is 8.34. The minimum Gasteiger partial charge on any atom is -0.345 e. The van der Waals surface area contributed by atoms with Gasteiger partial charge < -0.3 is 10.6 Å². The van der Waals surface area contributed by atoms with Crippen LogP contribution in [0.2, 0.25) is 0 Å². The van der Waals surface area contributed by atoms with Crippen LogP contribution in [-0.4, -0.2) is 11.8 Å². The van der Waals surface area contributed by atoms with Crippen molar-refractivity contribution in [3.05, 3.63) is 65.7 Å². The molecule has 28 heavy (non-hydrogen) atoms. The molecule has 4 rings (SSSR count). The van der Waals surface area contributed by atoms with Crippen molar-refractivity contribution in [1.29, 1.82) is 0 Å². The van der Waals surface area contributed by atoms with Crippen molar-refractivity contribution in [2.24, 2.45) is 17.8 Å².